The van der Waals surface area contributed by atoms with Crippen molar-refractivity contribution in [3.8, 4) is 0 Å². The van der Waals surface area contributed by atoms with E-state index in [9.17, 15) is 41.0 Å². The van der Waals surface area contributed by atoms with E-state index < -0.39 is 43.0 Å². The zero-order valence-corrected chi connectivity index (χ0v) is 20.5. The topological polar surface area (TPSA) is 75.0 Å². The number of likely N-dealkylation sites (N-methyl/N-ethyl adjacent to an activating group) is 1. The van der Waals surface area contributed by atoms with E-state index in [-0.39, 0.29) is 19.6 Å². The number of hydrogen-bond donors (Lipinski definition) is 1. The molecule has 1 aromatic heterocycles. The number of aromatic nitrogens is 1. The van der Waals surface area contributed by atoms with E-state index in [1.54, 1.807) is 11.0 Å². The van der Waals surface area contributed by atoms with Crippen molar-refractivity contribution in [3.63, 3.8) is 0 Å². The molecule has 0 saturated carbocycles. The monoisotopic (exact) mass is 549 g/mol. The molecule has 2 aromatic rings. The largest absolute Gasteiger partial charge is 0.456 e. The summed E-state index contributed by atoms with van der Waals surface area (Å²) in [6.45, 7) is -0.674. The van der Waals surface area contributed by atoms with Crippen molar-refractivity contribution >= 4 is 11.7 Å². The van der Waals surface area contributed by atoms with Crippen LogP contribution in [0.4, 0.5) is 26.3 Å². The molecule has 210 valence electrons. The lowest BCUT2D eigenvalue weighted by atomic mass is 9.81. The van der Waals surface area contributed by atoms with E-state index in [2.05, 4.69) is 9.64 Å². The van der Waals surface area contributed by atoms with Crippen LogP contribution in [-0.4, -0.2) is 83.4 Å². The number of amides is 1. The first kappa shape index (κ1) is 28.1. The van der Waals surface area contributed by atoms with Crippen molar-refractivity contribution in [1.82, 2.24) is 14.4 Å². The number of alkyl halides is 6. The van der Waals surface area contributed by atoms with Crippen LogP contribution in [0.3, 0.4) is 0 Å². The summed E-state index contributed by atoms with van der Waals surface area (Å²) in [5, 5.41) is 10.0. The number of ketones is 1. The van der Waals surface area contributed by atoms with E-state index in [0.717, 1.165) is 0 Å². The second kappa shape index (κ2) is 10.3. The molecule has 1 N–H and O–H groups in total. The van der Waals surface area contributed by atoms with Gasteiger partial charge in [-0.1, -0.05) is 12.1 Å². The number of hydrogen-bond acceptors (Lipinski definition) is 5. The summed E-state index contributed by atoms with van der Waals surface area (Å²) in [5.41, 5.74) is 0.243. The van der Waals surface area contributed by atoms with Gasteiger partial charge in [-0.25, -0.2) is 0 Å². The van der Waals surface area contributed by atoms with Gasteiger partial charge in [-0.05, 0) is 49.7 Å². The standard InChI is InChI=1S/C25H27F6N3O4.H2/c1-32-12-13-34-18(21(36)25(29,30)31)6-7-20(34)23(32)8-10-33(11-9-23)22(37)17-4-2-16(3-5-17)19(35)14-38-15-24(26,27)28;/h2-7,19,35H,8-15H2,1H3;1H. The lowest BCUT2D eigenvalue weighted by molar-refractivity contribution is -0.179. The summed E-state index contributed by atoms with van der Waals surface area (Å²) < 4.78 is 81.8. The molecular weight excluding hydrogens is 520 g/mol. The minimum absolute atomic E-state index is 0. The zero-order chi connectivity index (χ0) is 27.9. The Morgan fingerprint density at radius 1 is 1.00 bits per heavy atom. The Hall–Kier alpha value is -2.90. The van der Waals surface area contributed by atoms with Gasteiger partial charge in [-0.2, -0.15) is 26.3 Å². The van der Waals surface area contributed by atoms with Crippen LogP contribution in [0.2, 0.25) is 0 Å². The molecular formula is C25H29F6N3O4. The van der Waals surface area contributed by atoms with Crippen LogP contribution in [0, 0.1) is 0 Å². The third-order valence-corrected chi connectivity index (χ3v) is 7.30. The van der Waals surface area contributed by atoms with Crippen LogP contribution in [-0.2, 0) is 16.8 Å². The second-order valence-electron chi connectivity index (χ2n) is 9.60. The number of Topliss-reactive ketones (excluding diaryl/α,β-unsaturated/α-hetero) is 1. The first-order valence-electron chi connectivity index (χ1n) is 12.0. The highest BCUT2D eigenvalue weighted by atomic mass is 19.4. The Labute approximate surface area is 216 Å². The molecule has 3 heterocycles. The minimum atomic E-state index is -4.97. The molecule has 1 fully saturated rings. The Bertz CT molecular complexity index is 1170. The summed E-state index contributed by atoms with van der Waals surface area (Å²) in [4.78, 5) is 28.7. The van der Waals surface area contributed by atoms with E-state index >= 15 is 0 Å². The summed E-state index contributed by atoms with van der Waals surface area (Å²) in [6, 6.07) is 8.62. The summed E-state index contributed by atoms with van der Waals surface area (Å²) in [7, 11) is 1.88. The van der Waals surface area contributed by atoms with Gasteiger partial charge in [0.25, 0.3) is 11.7 Å². The highest BCUT2D eigenvalue weighted by Crippen LogP contribution is 2.42. The third kappa shape index (κ3) is 5.59. The van der Waals surface area contributed by atoms with Gasteiger partial charge in [0.2, 0.25) is 0 Å². The summed E-state index contributed by atoms with van der Waals surface area (Å²) in [6.07, 6.45) is -9.85. The SMILES string of the molecule is CN1CCn2c(C(=O)C(F)(F)F)ccc2C12CCN(C(=O)c1ccc(C(O)COCC(F)(F)F)cc1)CC2.[HH]. The van der Waals surface area contributed by atoms with Crippen molar-refractivity contribution in [1.29, 1.82) is 0 Å². The molecule has 2 aliphatic rings. The number of likely N-dealkylation sites (tertiary alicyclic amines) is 1. The number of carbonyl (C=O) groups excluding carboxylic acids is 2. The lowest BCUT2D eigenvalue weighted by Crippen LogP contribution is -2.56. The fourth-order valence-electron chi connectivity index (χ4n) is 5.25. The number of benzene rings is 1. The van der Waals surface area contributed by atoms with Crippen molar-refractivity contribution in [2.24, 2.45) is 0 Å². The number of aliphatic hydroxyl groups excluding tert-OH is 1. The maximum atomic E-state index is 13.1. The first-order valence-corrected chi connectivity index (χ1v) is 12.0. The molecule has 0 bridgehead atoms. The summed E-state index contributed by atoms with van der Waals surface area (Å²) in [5.74, 6) is -2.16. The molecule has 0 aliphatic carbocycles. The zero-order valence-electron chi connectivity index (χ0n) is 20.5. The molecule has 1 saturated heterocycles. The maximum Gasteiger partial charge on any atom is 0.456 e. The molecule has 1 aromatic carbocycles. The molecule has 1 unspecified atom stereocenters. The number of rotatable bonds is 6. The molecule has 38 heavy (non-hydrogen) atoms. The minimum Gasteiger partial charge on any atom is -0.386 e. The Morgan fingerprint density at radius 3 is 2.21 bits per heavy atom. The smallest absolute Gasteiger partial charge is 0.386 e. The molecule has 4 rings (SSSR count). The molecule has 1 amide bonds. The predicted octanol–water partition coefficient (Wildman–Crippen LogP) is 4.17. The second-order valence-corrected chi connectivity index (χ2v) is 9.60. The molecule has 0 radical (unpaired) electrons. The van der Waals surface area contributed by atoms with Crippen LogP contribution in [0.25, 0.3) is 0 Å². The van der Waals surface area contributed by atoms with Gasteiger partial charge in [0, 0.05) is 38.9 Å². The van der Waals surface area contributed by atoms with E-state index in [1.165, 1.54) is 34.9 Å². The van der Waals surface area contributed by atoms with E-state index in [0.29, 0.717) is 49.3 Å². The number of ether oxygens (including phenoxy) is 1. The van der Waals surface area contributed by atoms with Gasteiger partial charge >= 0.3 is 12.4 Å². The molecule has 13 heteroatoms. The van der Waals surface area contributed by atoms with Crippen LogP contribution in [0.15, 0.2) is 36.4 Å². The molecule has 2 aliphatic heterocycles. The van der Waals surface area contributed by atoms with Crippen molar-refractivity contribution < 1.29 is 47.2 Å². The highest BCUT2D eigenvalue weighted by Gasteiger charge is 2.48. The predicted molar refractivity (Wildman–Crippen MR) is 125 cm³/mol. The van der Waals surface area contributed by atoms with Crippen molar-refractivity contribution in [3.05, 3.63) is 58.9 Å². The van der Waals surface area contributed by atoms with Gasteiger partial charge in [0.1, 0.15) is 12.7 Å². The van der Waals surface area contributed by atoms with Gasteiger partial charge < -0.3 is 19.3 Å². The third-order valence-electron chi connectivity index (χ3n) is 7.30. The number of halogens is 6. The van der Waals surface area contributed by atoms with Gasteiger partial charge in [0.15, 0.2) is 0 Å². The number of nitrogens with zero attached hydrogens (tertiary/aromatic N) is 3. The van der Waals surface area contributed by atoms with Crippen LogP contribution in [0.5, 0.6) is 0 Å². The number of carbonyl (C=O) groups is 2. The fraction of sp³-hybridized carbons (Fsp3) is 0.520. The van der Waals surface area contributed by atoms with Gasteiger partial charge in [-0.15, -0.1) is 0 Å². The van der Waals surface area contributed by atoms with Gasteiger partial charge in [0.05, 0.1) is 17.8 Å². The fourth-order valence-corrected chi connectivity index (χ4v) is 5.25. The Morgan fingerprint density at radius 2 is 1.63 bits per heavy atom. The number of aliphatic hydroxyl groups is 1. The van der Waals surface area contributed by atoms with Crippen molar-refractivity contribution in [2.45, 2.75) is 43.4 Å². The first-order chi connectivity index (χ1) is 17.7. The quantitative estimate of drug-likeness (QED) is 0.433. The highest BCUT2D eigenvalue weighted by molar-refractivity contribution is 5.99. The van der Waals surface area contributed by atoms with Crippen LogP contribution < -0.4 is 0 Å². The summed E-state index contributed by atoms with van der Waals surface area (Å²) >= 11 is 0. The maximum absolute atomic E-state index is 13.1. The average Bonchev–Trinajstić information content (AvgIpc) is 3.29. The van der Waals surface area contributed by atoms with E-state index in [1.807, 2.05) is 7.05 Å². The van der Waals surface area contributed by atoms with E-state index in [4.69, 9.17) is 0 Å². The number of fused-ring (bicyclic) bond motifs is 2. The molecule has 7 nitrogen and oxygen atoms in total. The molecule has 1 spiro atoms. The lowest BCUT2D eigenvalue weighted by Gasteiger charge is -2.50. The van der Waals surface area contributed by atoms with Crippen molar-refractivity contribution in [2.75, 3.05) is 39.9 Å². The Kier molecular flexibility index (Phi) is 7.65. The average molecular weight is 550 g/mol. The normalized spacial score (nSPS) is 18.9. The molecule has 1 atom stereocenters. The number of piperidine rings is 1. The van der Waals surface area contributed by atoms with Crippen LogP contribution >= 0.6 is 0 Å². The van der Waals surface area contributed by atoms with Gasteiger partial charge in [-0.3, -0.25) is 14.5 Å². The van der Waals surface area contributed by atoms with Crippen LogP contribution in [0.1, 0.15) is 52.5 Å². The Balaban J connectivity index is 0.00000420.